The largest absolute Gasteiger partial charge is 0.462 e. The van der Waals surface area contributed by atoms with Gasteiger partial charge < -0.3 is 14.2 Å². The Morgan fingerprint density at radius 3 is 0.753 bits per heavy atom. The zero-order chi connectivity index (χ0) is 52.9. The predicted molar refractivity (Wildman–Crippen MR) is 316 cm³/mol. The number of carbonyl (C=O) groups is 3. The highest BCUT2D eigenvalue weighted by Crippen LogP contribution is 2.18. The summed E-state index contributed by atoms with van der Waals surface area (Å²) in [7, 11) is 0. The van der Waals surface area contributed by atoms with Crippen molar-refractivity contribution in [3.8, 4) is 0 Å². The topological polar surface area (TPSA) is 78.9 Å². The molecular formula is C67H126O6. The zero-order valence-electron chi connectivity index (χ0n) is 49.4. The van der Waals surface area contributed by atoms with Gasteiger partial charge in [0.05, 0.1) is 0 Å². The summed E-state index contributed by atoms with van der Waals surface area (Å²) in [6.07, 6.45) is 75.4. The molecule has 6 nitrogen and oxygen atoms in total. The Kier molecular flexibility index (Phi) is 60.6. The molecule has 73 heavy (non-hydrogen) atoms. The Morgan fingerprint density at radius 1 is 0.274 bits per heavy atom. The lowest BCUT2D eigenvalue weighted by Crippen LogP contribution is -2.30. The first-order chi connectivity index (χ1) is 36.0. The number of carbonyl (C=O) groups excluding carboxylic acids is 3. The van der Waals surface area contributed by atoms with E-state index in [0.717, 1.165) is 70.6 Å². The fourth-order valence-electron chi connectivity index (χ4n) is 10.0. The molecule has 0 bridgehead atoms. The molecule has 0 saturated carbocycles. The van der Waals surface area contributed by atoms with Gasteiger partial charge in [0, 0.05) is 19.3 Å². The maximum absolute atomic E-state index is 12.8. The Labute approximate surface area is 455 Å². The first kappa shape index (κ1) is 70.9. The summed E-state index contributed by atoms with van der Waals surface area (Å²) in [5, 5.41) is 0. The normalized spacial score (nSPS) is 12.1. The van der Waals surface area contributed by atoms with Gasteiger partial charge in [0.25, 0.3) is 0 Å². The van der Waals surface area contributed by atoms with Crippen LogP contribution in [0.4, 0.5) is 0 Å². The zero-order valence-corrected chi connectivity index (χ0v) is 49.4. The van der Waals surface area contributed by atoms with Gasteiger partial charge in [0.2, 0.25) is 0 Å². The third kappa shape index (κ3) is 60.6. The molecule has 0 aliphatic heterocycles. The van der Waals surface area contributed by atoms with E-state index in [1.165, 1.54) is 257 Å². The SMILES string of the molecule is CCCCCCC/C=C\C/C=C\CCCCCCCCCCCCCCCCCCCCCC(=O)OCC(COC(=O)CCCCCCC)OC(=O)CCCCCCCCCCCCCCCCCCCCC. The lowest BCUT2D eigenvalue weighted by Gasteiger charge is -2.18. The fraction of sp³-hybridized carbons (Fsp3) is 0.896. The maximum atomic E-state index is 12.8. The lowest BCUT2D eigenvalue weighted by molar-refractivity contribution is -0.167. The molecule has 0 aromatic heterocycles. The fourth-order valence-corrected chi connectivity index (χ4v) is 10.0. The van der Waals surface area contributed by atoms with E-state index in [1.807, 2.05) is 0 Å². The molecular weight excluding hydrogens is 901 g/mol. The van der Waals surface area contributed by atoms with Crippen molar-refractivity contribution < 1.29 is 28.6 Å². The minimum absolute atomic E-state index is 0.0651. The third-order valence-corrected chi connectivity index (χ3v) is 15.0. The Hall–Kier alpha value is -2.11. The number of allylic oxidation sites excluding steroid dienone is 4. The highest BCUT2D eigenvalue weighted by Gasteiger charge is 2.19. The van der Waals surface area contributed by atoms with Crippen LogP contribution in [0.25, 0.3) is 0 Å². The number of unbranched alkanes of at least 4 members (excludes halogenated alkanes) is 46. The summed E-state index contributed by atoms with van der Waals surface area (Å²) in [4.78, 5) is 37.9. The van der Waals surface area contributed by atoms with Gasteiger partial charge in [-0.1, -0.05) is 321 Å². The second-order valence-electron chi connectivity index (χ2n) is 22.4. The van der Waals surface area contributed by atoms with E-state index in [4.69, 9.17) is 14.2 Å². The third-order valence-electron chi connectivity index (χ3n) is 15.0. The second-order valence-corrected chi connectivity index (χ2v) is 22.4. The molecule has 0 saturated heterocycles. The number of hydrogen-bond donors (Lipinski definition) is 0. The second kappa shape index (κ2) is 62.4. The number of rotatable bonds is 61. The van der Waals surface area contributed by atoms with Gasteiger partial charge in [-0.05, 0) is 51.4 Å². The summed E-state index contributed by atoms with van der Waals surface area (Å²) in [5.74, 6) is -0.854. The van der Waals surface area contributed by atoms with E-state index in [2.05, 4.69) is 45.1 Å². The van der Waals surface area contributed by atoms with Crippen LogP contribution in [0.15, 0.2) is 24.3 Å². The summed E-state index contributed by atoms with van der Waals surface area (Å²) in [5.41, 5.74) is 0. The maximum Gasteiger partial charge on any atom is 0.306 e. The molecule has 0 spiro atoms. The van der Waals surface area contributed by atoms with Crippen LogP contribution in [-0.2, 0) is 28.6 Å². The van der Waals surface area contributed by atoms with E-state index >= 15 is 0 Å². The minimum atomic E-state index is -0.763. The molecule has 0 heterocycles. The summed E-state index contributed by atoms with van der Waals surface area (Å²) >= 11 is 0. The number of hydrogen-bond acceptors (Lipinski definition) is 6. The molecule has 0 radical (unpaired) electrons. The van der Waals surface area contributed by atoms with E-state index in [9.17, 15) is 14.4 Å². The van der Waals surface area contributed by atoms with Gasteiger partial charge in [-0.3, -0.25) is 14.4 Å². The average molecular weight is 1030 g/mol. The van der Waals surface area contributed by atoms with Crippen LogP contribution in [0.2, 0.25) is 0 Å². The van der Waals surface area contributed by atoms with Crippen molar-refractivity contribution in [2.75, 3.05) is 13.2 Å². The monoisotopic (exact) mass is 1030 g/mol. The highest BCUT2D eigenvalue weighted by atomic mass is 16.6. The first-order valence-electron chi connectivity index (χ1n) is 32.8. The Morgan fingerprint density at radius 2 is 0.493 bits per heavy atom. The summed E-state index contributed by atoms with van der Waals surface area (Å²) in [6, 6.07) is 0. The molecule has 0 amide bonds. The summed E-state index contributed by atoms with van der Waals surface area (Å²) < 4.78 is 16.8. The van der Waals surface area contributed by atoms with Gasteiger partial charge in [-0.25, -0.2) is 0 Å². The van der Waals surface area contributed by atoms with Crippen molar-refractivity contribution in [1.29, 1.82) is 0 Å². The standard InChI is InChI=1S/C67H126O6/c1-4-7-10-13-15-17-19-21-23-25-27-28-29-30-31-32-33-34-35-36-37-38-40-41-43-45-47-49-51-54-57-60-66(69)72-63-64(62-71-65(68)59-56-53-12-9-6-3)73-67(70)61-58-55-52-50-48-46-44-42-39-26-24-22-20-18-16-14-11-8-5-2/h19,21,25,27,64H,4-18,20,22-24,26,28-63H2,1-3H3/b21-19-,27-25-. The molecule has 6 heteroatoms. The van der Waals surface area contributed by atoms with Crippen molar-refractivity contribution in [1.82, 2.24) is 0 Å². The molecule has 0 rings (SSSR count). The van der Waals surface area contributed by atoms with Crippen molar-refractivity contribution in [2.24, 2.45) is 0 Å². The van der Waals surface area contributed by atoms with Crippen LogP contribution >= 0.6 is 0 Å². The van der Waals surface area contributed by atoms with Crippen LogP contribution < -0.4 is 0 Å². The van der Waals surface area contributed by atoms with Gasteiger partial charge >= 0.3 is 17.9 Å². The van der Waals surface area contributed by atoms with Crippen molar-refractivity contribution in [3.05, 3.63) is 24.3 Å². The van der Waals surface area contributed by atoms with Crippen LogP contribution in [0, 0.1) is 0 Å². The molecule has 0 fully saturated rings. The predicted octanol–water partition coefficient (Wildman–Crippen LogP) is 22.2. The van der Waals surface area contributed by atoms with E-state index < -0.39 is 6.10 Å². The van der Waals surface area contributed by atoms with Crippen LogP contribution in [0.1, 0.15) is 367 Å². The number of ether oxygens (including phenoxy) is 3. The molecule has 0 aliphatic carbocycles. The van der Waals surface area contributed by atoms with Crippen molar-refractivity contribution in [2.45, 2.75) is 374 Å². The van der Waals surface area contributed by atoms with Crippen LogP contribution in [0.5, 0.6) is 0 Å². The van der Waals surface area contributed by atoms with E-state index in [0.29, 0.717) is 19.3 Å². The van der Waals surface area contributed by atoms with Gasteiger partial charge in [-0.2, -0.15) is 0 Å². The molecule has 0 N–H and O–H groups in total. The molecule has 0 aromatic carbocycles. The summed E-state index contributed by atoms with van der Waals surface area (Å²) in [6.45, 7) is 6.61. The minimum Gasteiger partial charge on any atom is -0.462 e. The first-order valence-corrected chi connectivity index (χ1v) is 32.8. The van der Waals surface area contributed by atoms with Crippen molar-refractivity contribution >= 4 is 17.9 Å². The van der Waals surface area contributed by atoms with E-state index in [1.54, 1.807) is 0 Å². The quantitative estimate of drug-likeness (QED) is 0.0261. The molecule has 430 valence electrons. The van der Waals surface area contributed by atoms with Gasteiger partial charge in [0.1, 0.15) is 13.2 Å². The lowest BCUT2D eigenvalue weighted by atomic mass is 10.0. The average Bonchev–Trinajstić information content (AvgIpc) is 3.39. The molecule has 0 aliphatic rings. The van der Waals surface area contributed by atoms with Crippen molar-refractivity contribution in [3.63, 3.8) is 0 Å². The Balaban J connectivity index is 3.91. The highest BCUT2D eigenvalue weighted by molar-refractivity contribution is 5.71. The van der Waals surface area contributed by atoms with Crippen LogP contribution in [0.3, 0.4) is 0 Å². The molecule has 1 unspecified atom stereocenters. The Bertz CT molecular complexity index is 1180. The van der Waals surface area contributed by atoms with Gasteiger partial charge in [-0.15, -0.1) is 0 Å². The number of esters is 3. The molecule has 1 atom stereocenters. The van der Waals surface area contributed by atoms with E-state index in [-0.39, 0.29) is 31.1 Å². The van der Waals surface area contributed by atoms with Gasteiger partial charge in [0.15, 0.2) is 6.10 Å². The van der Waals surface area contributed by atoms with Crippen LogP contribution in [-0.4, -0.2) is 37.2 Å². The molecule has 0 aromatic rings. The smallest absolute Gasteiger partial charge is 0.306 e.